The van der Waals surface area contributed by atoms with Crippen molar-refractivity contribution in [3.8, 4) is 5.75 Å². The smallest absolute Gasteiger partial charge is 0.257 e. The van der Waals surface area contributed by atoms with Crippen LogP contribution in [-0.4, -0.2) is 87.4 Å². The van der Waals surface area contributed by atoms with Crippen LogP contribution in [0.2, 0.25) is 0 Å². The fourth-order valence-electron chi connectivity index (χ4n) is 4.41. The molecule has 182 valence electrons. The molecule has 0 aliphatic carbocycles. The molecular weight excluding hydrogens is 456 g/mol. The molecular formula is C24H30N4O5S. The first-order valence-electron chi connectivity index (χ1n) is 11.3. The normalized spacial score (nSPS) is 20.6. The van der Waals surface area contributed by atoms with Gasteiger partial charge in [-0.1, -0.05) is 12.1 Å². The van der Waals surface area contributed by atoms with E-state index in [1.165, 1.54) is 0 Å². The second kappa shape index (κ2) is 10.5. The van der Waals surface area contributed by atoms with Crippen LogP contribution in [0, 0.1) is 0 Å². The molecule has 1 unspecified atom stereocenters. The fourth-order valence-corrected chi connectivity index (χ4v) is 6.17. The van der Waals surface area contributed by atoms with E-state index in [1.54, 1.807) is 55.6 Å². The molecule has 2 aliphatic heterocycles. The molecule has 2 heterocycles. The zero-order chi connectivity index (χ0) is 24.1. The van der Waals surface area contributed by atoms with Crippen LogP contribution in [0.25, 0.3) is 0 Å². The van der Waals surface area contributed by atoms with Crippen molar-refractivity contribution in [2.75, 3.05) is 62.0 Å². The quantitative estimate of drug-likeness (QED) is 0.613. The van der Waals surface area contributed by atoms with E-state index < -0.39 is 9.84 Å². The van der Waals surface area contributed by atoms with Crippen LogP contribution in [-0.2, 0) is 14.6 Å². The number of sulfone groups is 1. The Morgan fingerprint density at radius 3 is 2.35 bits per heavy atom. The van der Waals surface area contributed by atoms with E-state index in [0.29, 0.717) is 42.2 Å². The molecule has 0 bridgehead atoms. The van der Waals surface area contributed by atoms with Gasteiger partial charge in [0.15, 0.2) is 9.84 Å². The molecule has 0 aromatic heterocycles. The van der Waals surface area contributed by atoms with Crippen LogP contribution >= 0.6 is 0 Å². The maximum Gasteiger partial charge on any atom is 0.257 e. The van der Waals surface area contributed by atoms with Crippen LogP contribution in [0.3, 0.4) is 0 Å². The zero-order valence-electron chi connectivity index (χ0n) is 19.2. The lowest BCUT2D eigenvalue weighted by molar-refractivity contribution is -0.117. The van der Waals surface area contributed by atoms with Gasteiger partial charge in [0.2, 0.25) is 5.91 Å². The maximum absolute atomic E-state index is 12.8. The third kappa shape index (κ3) is 6.13. The predicted molar refractivity (Wildman–Crippen MR) is 131 cm³/mol. The number of rotatable bonds is 7. The Morgan fingerprint density at radius 1 is 1.00 bits per heavy atom. The summed E-state index contributed by atoms with van der Waals surface area (Å²) in [4.78, 5) is 29.8. The SMILES string of the molecule is COc1ccc(NC(=O)c2ccccc2NC(=O)CN2CCN(C3CCS(=O)(=O)C3)CC2)cc1. The topological polar surface area (TPSA) is 108 Å². The van der Waals surface area contributed by atoms with Gasteiger partial charge in [-0.05, 0) is 42.8 Å². The highest BCUT2D eigenvalue weighted by Crippen LogP contribution is 2.21. The largest absolute Gasteiger partial charge is 0.497 e. The number of nitrogens with one attached hydrogen (secondary N) is 2. The lowest BCUT2D eigenvalue weighted by Crippen LogP contribution is -2.52. The van der Waals surface area contributed by atoms with Gasteiger partial charge in [-0.2, -0.15) is 0 Å². The first kappa shape index (κ1) is 24.2. The average molecular weight is 487 g/mol. The van der Waals surface area contributed by atoms with Crippen LogP contribution < -0.4 is 15.4 Å². The van der Waals surface area contributed by atoms with Gasteiger partial charge in [-0.25, -0.2) is 8.42 Å². The highest BCUT2D eigenvalue weighted by molar-refractivity contribution is 7.91. The molecule has 1 atom stereocenters. The van der Waals surface area contributed by atoms with Crippen molar-refractivity contribution in [1.29, 1.82) is 0 Å². The number of ether oxygens (including phenoxy) is 1. The number of nitrogens with zero attached hydrogens (tertiary/aromatic N) is 2. The minimum absolute atomic E-state index is 0.0945. The summed E-state index contributed by atoms with van der Waals surface area (Å²) >= 11 is 0. The molecule has 10 heteroatoms. The Kier molecular flexibility index (Phi) is 7.50. The number of piperazine rings is 1. The van der Waals surface area contributed by atoms with Gasteiger partial charge in [0.05, 0.1) is 36.4 Å². The van der Waals surface area contributed by atoms with E-state index in [4.69, 9.17) is 4.74 Å². The summed E-state index contributed by atoms with van der Waals surface area (Å²) in [7, 11) is -1.33. The van der Waals surface area contributed by atoms with Crippen LogP contribution in [0.15, 0.2) is 48.5 Å². The molecule has 2 aliphatic rings. The van der Waals surface area contributed by atoms with E-state index in [0.717, 1.165) is 13.1 Å². The summed E-state index contributed by atoms with van der Waals surface area (Å²) in [6.45, 7) is 3.10. The molecule has 2 N–H and O–H groups in total. The summed E-state index contributed by atoms with van der Waals surface area (Å²) in [6.07, 6.45) is 0.693. The lowest BCUT2D eigenvalue weighted by Gasteiger charge is -2.37. The number of amides is 2. The summed E-state index contributed by atoms with van der Waals surface area (Å²) in [5.74, 6) is 0.691. The monoisotopic (exact) mass is 486 g/mol. The van der Waals surface area contributed by atoms with Gasteiger partial charge in [0.1, 0.15) is 5.75 Å². The van der Waals surface area contributed by atoms with Crippen molar-refractivity contribution >= 4 is 33.0 Å². The van der Waals surface area contributed by atoms with Crippen molar-refractivity contribution in [2.24, 2.45) is 0 Å². The molecule has 2 amide bonds. The highest BCUT2D eigenvalue weighted by atomic mass is 32.2. The van der Waals surface area contributed by atoms with Crippen LogP contribution in [0.4, 0.5) is 11.4 Å². The summed E-state index contributed by atoms with van der Waals surface area (Å²) in [5.41, 5.74) is 1.45. The first-order valence-corrected chi connectivity index (χ1v) is 13.2. The molecule has 2 aromatic rings. The van der Waals surface area contributed by atoms with Gasteiger partial charge in [-0.3, -0.25) is 19.4 Å². The highest BCUT2D eigenvalue weighted by Gasteiger charge is 2.33. The summed E-state index contributed by atoms with van der Waals surface area (Å²) in [6, 6.07) is 14.0. The van der Waals surface area contributed by atoms with Crippen molar-refractivity contribution in [2.45, 2.75) is 12.5 Å². The van der Waals surface area contributed by atoms with Crippen LogP contribution in [0.5, 0.6) is 5.75 Å². The molecule has 4 rings (SSSR count). The minimum atomic E-state index is -2.90. The molecule has 2 fully saturated rings. The standard InChI is InChI=1S/C24H30N4O5S/c1-33-20-8-6-18(7-9-20)25-24(30)21-4-2-3-5-22(21)26-23(29)16-27-11-13-28(14-12-27)19-10-15-34(31,32)17-19/h2-9,19H,10-17H2,1H3,(H,25,30)(H,26,29). The van der Waals surface area contributed by atoms with E-state index in [2.05, 4.69) is 20.4 Å². The number of carbonyl (C=O) groups is 2. The van der Waals surface area contributed by atoms with E-state index >= 15 is 0 Å². The molecule has 9 nitrogen and oxygen atoms in total. The van der Waals surface area contributed by atoms with Gasteiger partial charge in [-0.15, -0.1) is 0 Å². The predicted octanol–water partition coefficient (Wildman–Crippen LogP) is 1.69. The van der Waals surface area contributed by atoms with Gasteiger partial charge in [0, 0.05) is 37.9 Å². The summed E-state index contributed by atoms with van der Waals surface area (Å²) in [5, 5.41) is 5.70. The number of hydrogen-bond donors (Lipinski definition) is 2. The second-order valence-electron chi connectivity index (χ2n) is 8.65. The van der Waals surface area contributed by atoms with Crippen molar-refractivity contribution in [3.05, 3.63) is 54.1 Å². The Labute approximate surface area is 200 Å². The number of carbonyl (C=O) groups excluding carboxylic acids is 2. The molecule has 0 spiro atoms. The zero-order valence-corrected chi connectivity index (χ0v) is 20.0. The molecule has 2 saturated heterocycles. The molecule has 2 aromatic carbocycles. The van der Waals surface area contributed by atoms with Crippen molar-refractivity contribution in [3.63, 3.8) is 0 Å². The third-order valence-electron chi connectivity index (χ3n) is 6.29. The molecule has 34 heavy (non-hydrogen) atoms. The van der Waals surface area contributed by atoms with Crippen molar-refractivity contribution in [1.82, 2.24) is 9.80 Å². The molecule has 0 saturated carbocycles. The van der Waals surface area contributed by atoms with Crippen LogP contribution in [0.1, 0.15) is 16.8 Å². The third-order valence-corrected chi connectivity index (χ3v) is 8.04. The van der Waals surface area contributed by atoms with Gasteiger partial charge in [0.25, 0.3) is 5.91 Å². The molecule has 0 radical (unpaired) electrons. The van der Waals surface area contributed by atoms with E-state index in [9.17, 15) is 18.0 Å². The number of methoxy groups -OCH3 is 1. The Balaban J connectivity index is 1.30. The van der Waals surface area contributed by atoms with E-state index in [-0.39, 0.29) is 35.9 Å². The Morgan fingerprint density at radius 2 is 1.71 bits per heavy atom. The minimum Gasteiger partial charge on any atom is -0.497 e. The summed E-state index contributed by atoms with van der Waals surface area (Å²) < 4.78 is 28.6. The number of anilines is 2. The lowest BCUT2D eigenvalue weighted by atomic mass is 10.1. The number of hydrogen-bond acceptors (Lipinski definition) is 7. The van der Waals surface area contributed by atoms with Gasteiger partial charge < -0.3 is 15.4 Å². The second-order valence-corrected chi connectivity index (χ2v) is 10.9. The average Bonchev–Trinajstić information content (AvgIpc) is 3.20. The Hall–Kier alpha value is -2.95. The number of para-hydroxylation sites is 1. The fraction of sp³-hybridized carbons (Fsp3) is 0.417. The van der Waals surface area contributed by atoms with Crippen molar-refractivity contribution < 1.29 is 22.7 Å². The Bertz CT molecular complexity index is 1130. The van der Waals surface area contributed by atoms with E-state index in [1.807, 2.05) is 0 Å². The first-order chi connectivity index (χ1) is 16.3. The number of benzene rings is 2. The maximum atomic E-state index is 12.8. The van der Waals surface area contributed by atoms with Gasteiger partial charge >= 0.3 is 0 Å².